The Morgan fingerprint density at radius 1 is 1.10 bits per heavy atom. The van der Waals surface area contributed by atoms with Crippen LogP contribution < -0.4 is 14.4 Å². The second-order valence-electron chi connectivity index (χ2n) is 7.41. The quantitative estimate of drug-likeness (QED) is 0.496. The van der Waals surface area contributed by atoms with Crippen LogP contribution in [-0.2, 0) is 0 Å². The topological polar surface area (TPSA) is 54.9 Å². The van der Waals surface area contributed by atoms with Crippen LogP contribution in [0.2, 0.25) is 5.02 Å². The van der Waals surface area contributed by atoms with Gasteiger partial charge in [0.1, 0.15) is 13.2 Å². The van der Waals surface area contributed by atoms with Gasteiger partial charge in [-0.2, -0.15) is 0 Å². The molecule has 3 aromatic rings. The van der Waals surface area contributed by atoms with Crippen LogP contribution in [0.1, 0.15) is 29.8 Å². The Morgan fingerprint density at radius 2 is 1.84 bits per heavy atom. The van der Waals surface area contributed by atoms with Crippen molar-refractivity contribution in [3.63, 3.8) is 0 Å². The van der Waals surface area contributed by atoms with Crippen LogP contribution in [0, 0.1) is 6.92 Å². The van der Waals surface area contributed by atoms with Gasteiger partial charge in [-0.15, -0.1) is 0 Å². The first-order valence-corrected chi connectivity index (χ1v) is 11.7. The lowest BCUT2D eigenvalue weighted by Crippen LogP contribution is -2.39. The number of rotatable bonds is 7. The lowest BCUT2D eigenvalue weighted by molar-refractivity contribution is 0.0982. The van der Waals surface area contributed by atoms with Gasteiger partial charge in [0, 0.05) is 23.7 Å². The lowest BCUT2D eigenvalue weighted by Gasteiger charge is -2.25. The number of ether oxygens (including phenoxy) is 2. The van der Waals surface area contributed by atoms with Gasteiger partial charge >= 0.3 is 0 Å². The fraction of sp³-hybridized carbons (Fsp3) is 0.391. The zero-order chi connectivity index (χ0) is 22.0. The maximum absolute atomic E-state index is 13.6. The van der Waals surface area contributed by atoms with Crippen LogP contribution in [-0.4, -0.2) is 55.2 Å². The van der Waals surface area contributed by atoms with Gasteiger partial charge in [-0.1, -0.05) is 36.8 Å². The summed E-state index contributed by atoms with van der Waals surface area (Å²) in [4.78, 5) is 22.5. The minimum atomic E-state index is -0.105. The van der Waals surface area contributed by atoms with Gasteiger partial charge in [0.05, 0.1) is 10.2 Å². The maximum Gasteiger partial charge on any atom is 0.260 e. The Bertz CT molecular complexity index is 1100. The number of carbonyl (C=O) groups excluding carboxylic acids is 1. The van der Waals surface area contributed by atoms with Crippen molar-refractivity contribution in [2.24, 2.45) is 0 Å². The maximum atomic E-state index is 13.6. The Morgan fingerprint density at radius 3 is 2.58 bits per heavy atom. The number of aromatic nitrogens is 1. The van der Waals surface area contributed by atoms with Gasteiger partial charge in [0.15, 0.2) is 16.6 Å². The van der Waals surface area contributed by atoms with Crippen LogP contribution in [0.5, 0.6) is 11.5 Å². The number of hydrogen-bond acceptors (Lipinski definition) is 6. The van der Waals surface area contributed by atoms with Gasteiger partial charge in [-0.25, -0.2) is 4.98 Å². The van der Waals surface area contributed by atoms with Crippen LogP contribution in [0.4, 0.5) is 5.13 Å². The molecular formula is C23H26ClN3O3S. The SMILES string of the molecule is CCN(CC)CCN(C(=O)c1ccc2c(c1)OCCO2)c1nc2c(C)cc(Cl)cc2s1. The molecule has 1 aromatic heterocycles. The first-order valence-electron chi connectivity index (χ1n) is 10.5. The van der Waals surface area contributed by atoms with Crippen molar-refractivity contribution < 1.29 is 14.3 Å². The molecule has 2 aromatic carbocycles. The third-order valence-electron chi connectivity index (χ3n) is 5.44. The van der Waals surface area contributed by atoms with Gasteiger partial charge in [-0.3, -0.25) is 9.69 Å². The third kappa shape index (κ3) is 4.63. The molecule has 0 unspecified atom stereocenters. The number of nitrogens with zero attached hydrogens (tertiary/aromatic N) is 3. The highest BCUT2D eigenvalue weighted by Gasteiger charge is 2.24. The largest absolute Gasteiger partial charge is 0.486 e. The van der Waals surface area contributed by atoms with Crippen LogP contribution in [0.3, 0.4) is 0 Å². The normalized spacial score (nSPS) is 13.1. The number of benzene rings is 2. The van der Waals surface area contributed by atoms with E-state index in [4.69, 9.17) is 26.1 Å². The number of carbonyl (C=O) groups is 1. The molecule has 2 heterocycles. The molecule has 1 aliphatic heterocycles. The Hall–Kier alpha value is -2.35. The van der Waals surface area contributed by atoms with Gasteiger partial charge < -0.3 is 14.4 Å². The number of amides is 1. The van der Waals surface area contributed by atoms with Crippen molar-refractivity contribution in [2.75, 3.05) is 44.3 Å². The summed E-state index contributed by atoms with van der Waals surface area (Å²) in [6, 6.07) is 9.15. The molecule has 164 valence electrons. The van der Waals surface area contributed by atoms with Crippen molar-refractivity contribution in [3.05, 3.63) is 46.5 Å². The van der Waals surface area contributed by atoms with E-state index in [0.29, 0.717) is 47.0 Å². The molecule has 31 heavy (non-hydrogen) atoms. The minimum Gasteiger partial charge on any atom is -0.486 e. The summed E-state index contributed by atoms with van der Waals surface area (Å²) in [5, 5.41) is 1.35. The molecule has 4 rings (SSSR count). The lowest BCUT2D eigenvalue weighted by atomic mass is 10.1. The summed E-state index contributed by atoms with van der Waals surface area (Å²) in [5.41, 5.74) is 2.44. The molecule has 1 amide bonds. The van der Waals surface area contributed by atoms with E-state index in [9.17, 15) is 4.79 Å². The fourth-order valence-electron chi connectivity index (χ4n) is 3.66. The second-order valence-corrected chi connectivity index (χ2v) is 8.85. The van der Waals surface area contributed by atoms with E-state index >= 15 is 0 Å². The van der Waals surface area contributed by atoms with Crippen molar-refractivity contribution in [2.45, 2.75) is 20.8 Å². The molecule has 0 bridgehead atoms. The minimum absolute atomic E-state index is 0.105. The van der Waals surface area contributed by atoms with E-state index in [-0.39, 0.29) is 5.91 Å². The Labute approximate surface area is 191 Å². The first kappa shape index (κ1) is 21.9. The summed E-state index contributed by atoms with van der Waals surface area (Å²) in [6.45, 7) is 10.4. The first-order chi connectivity index (χ1) is 15.0. The monoisotopic (exact) mass is 459 g/mol. The standard InChI is InChI=1S/C23H26ClN3O3S/c1-4-26(5-2)8-9-27(23-25-21-15(3)12-17(24)14-20(21)31-23)22(28)16-6-7-18-19(13-16)30-11-10-29-18/h6-7,12-14H,4-5,8-11H2,1-3H3. The van der Waals surface area contributed by atoms with Crippen LogP contribution >= 0.6 is 22.9 Å². The third-order valence-corrected chi connectivity index (χ3v) is 6.68. The fourth-order valence-corrected chi connectivity index (χ4v) is 5.10. The molecule has 0 spiro atoms. The summed E-state index contributed by atoms with van der Waals surface area (Å²) in [6.07, 6.45) is 0. The predicted octanol–water partition coefficient (Wildman–Crippen LogP) is 5.02. The number of halogens is 1. The van der Waals surface area contributed by atoms with E-state index in [1.165, 1.54) is 11.3 Å². The molecule has 0 atom stereocenters. The number of fused-ring (bicyclic) bond motifs is 2. The highest BCUT2D eigenvalue weighted by molar-refractivity contribution is 7.22. The average molecular weight is 460 g/mol. The zero-order valence-corrected chi connectivity index (χ0v) is 19.6. The molecular weight excluding hydrogens is 434 g/mol. The van der Waals surface area contributed by atoms with Crippen LogP contribution in [0.15, 0.2) is 30.3 Å². The molecule has 0 radical (unpaired) electrons. The molecule has 1 aliphatic rings. The summed E-state index contributed by atoms with van der Waals surface area (Å²) < 4.78 is 12.2. The second kappa shape index (κ2) is 9.42. The van der Waals surface area contributed by atoms with Gasteiger partial charge in [0.2, 0.25) is 0 Å². The van der Waals surface area contributed by atoms with Crippen molar-refractivity contribution >= 4 is 44.2 Å². The summed E-state index contributed by atoms with van der Waals surface area (Å²) >= 11 is 7.73. The van der Waals surface area contributed by atoms with E-state index in [2.05, 4.69) is 18.7 Å². The average Bonchev–Trinajstić information content (AvgIpc) is 3.20. The van der Waals surface area contributed by atoms with Crippen molar-refractivity contribution in [1.82, 2.24) is 9.88 Å². The number of thiazole rings is 1. The summed E-state index contributed by atoms with van der Waals surface area (Å²) in [5.74, 6) is 1.17. The van der Waals surface area contributed by atoms with E-state index in [1.807, 2.05) is 19.1 Å². The Kier molecular flexibility index (Phi) is 6.65. The Balaban J connectivity index is 1.70. The molecule has 6 nitrogen and oxygen atoms in total. The van der Waals surface area contributed by atoms with Crippen molar-refractivity contribution in [3.8, 4) is 11.5 Å². The smallest absolute Gasteiger partial charge is 0.260 e. The van der Waals surface area contributed by atoms with E-state index in [1.54, 1.807) is 23.1 Å². The van der Waals surface area contributed by atoms with Gasteiger partial charge in [-0.05, 0) is 55.9 Å². The highest BCUT2D eigenvalue weighted by Crippen LogP contribution is 2.35. The molecule has 0 saturated heterocycles. The number of likely N-dealkylation sites (N-methyl/N-ethyl adjacent to an activating group) is 1. The summed E-state index contributed by atoms with van der Waals surface area (Å²) in [7, 11) is 0. The highest BCUT2D eigenvalue weighted by atomic mass is 35.5. The van der Waals surface area contributed by atoms with Gasteiger partial charge in [0.25, 0.3) is 5.91 Å². The number of aryl methyl sites for hydroxylation is 1. The molecule has 0 saturated carbocycles. The molecule has 0 aliphatic carbocycles. The number of hydrogen-bond donors (Lipinski definition) is 0. The van der Waals surface area contributed by atoms with Crippen LogP contribution in [0.25, 0.3) is 10.2 Å². The predicted molar refractivity (Wildman–Crippen MR) is 126 cm³/mol. The number of anilines is 1. The van der Waals surface area contributed by atoms with E-state index < -0.39 is 0 Å². The zero-order valence-electron chi connectivity index (χ0n) is 18.0. The molecule has 0 fully saturated rings. The van der Waals surface area contributed by atoms with E-state index in [0.717, 1.165) is 35.4 Å². The molecule has 8 heteroatoms. The molecule has 0 N–H and O–H groups in total. The van der Waals surface area contributed by atoms with Crippen molar-refractivity contribution in [1.29, 1.82) is 0 Å².